The molecule has 3 N–H and O–H groups in total. The molecule has 7 heteroatoms. The van der Waals surface area contributed by atoms with E-state index in [2.05, 4.69) is 10.3 Å². The van der Waals surface area contributed by atoms with Gasteiger partial charge in [0.05, 0.1) is 9.58 Å². The maximum absolute atomic E-state index is 12.2. The molecule has 0 atom stereocenters. The quantitative estimate of drug-likeness (QED) is 0.697. The van der Waals surface area contributed by atoms with Crippen molar-refractivity contribution in [1.29, 1.82) is 0 Å². The van der Waals surface area contributed by atoms with E-state index in [9.17, 15) is 4.79 Å². The highest BCUT2D eigenvalue weighted by Crippen LogP contribution is 2.33. The fourth-order valence-electron chi connectivity index (χ4n) is 2.12. The van der Waals surface area contributed by atoms with Crippen LogP contribution in [-0.2, 0) is 6.42 Å². The van der Waals surface area contributed by atoms with E-state index >= 15 is 0 Å². The molecule has 1 aromatic carbocycles. The molecule has 120 valence electrons. The monoisotopic (exact) mass is 346 g/mol. The van der Waals surface area contributed by atoms with Crippen LogP contribution in [-0.4, -0.2) is 31.5 Å². The fourth-order valence-corrected chi connectivity index (χ4v) is 4.17. The minimum Gasteiger partial charge on any atom is -0.399 e. The summed E-state index contributed by atoms with van der Waals surface area (Å²) in [5.41, 5.74) is 7.57. The predicted octanol–water partition coefficient (Wildman–Crippen LogP) is 2.98. The number of rotatable bonds is 5. The molecule has 3 rings (SSSR count). The number of nitrogen functional groups attached to an aromatic ring is 1. The predicted molar refractivity (Wildman–Crippen MR) is 98.7 cm³/mol. The summed E-state index contributed by atoms with van der Waals surface area (Å²) in [5.74, 6) is -0.0398. The number of hydrogen-bond donors (Lipinski definition) is 2. The number of carbonyl (C=O) groups is 1. The van der Waals surface area contributed by atoms with Gasteiger partial charge in [0.15, 0.2) is 5.13 Å². The molecule has 0 saturated carbocycles. The topological polar surface area (TPSA) is 71.2 Å². The van der Waals surface area contributed by atoms with Gasteiger partial charge in [0, 0.05) is 26.3 Å². The Labute approximate surface area is 142 Å². The standard InChI is InChI=1S/C16H18N4OS2/c1-20(2)16-19-15-13(23-16)9-12(22-15)14(21)18-8-7-10-3-5-11(17)6-4-10/h3-6,9H,7-8,17H2,1-2H3,(H,18,21). The van der Waals surface area contributed by atoms with Gasteiger partial charge in [0.1, 0.15) is 4.83 Å². The largest absolute Gasteiger partial charge is 0.399 e. The lowest BCUT2D eigenvalue weighted by Crippen LogP contribution is -2.24. The van der Waals surface area contributed by atoms with Gasteiger partial charge in [0.25, 0.3) is 5.91 Å². The summed E-state index contributed by atoms with van der Waals surface area (Å²) in [4.78, 5) is 20.3. The van der Waals surface area contributed by atoms with Crippen LogP contribution in [0.15, 0.2) is 30.3 Å². The Bertz CT molecular complexity index is 789. The zero-order chi connectivity index (χ0) is 16.4. The van der Waals surface area contributed by atoms with E-state index in [0.717, 1.165) is 32.3 Å². The van der Waals surface area contributed by atoms with Crippen LogP contribution >= 0.6 is 22.7 Å². The SMILES string of the molecule is CN(C)c1nc2sc(C(=O)NCCc3ccc(N)cc3)cc2s1. The maximum Gasteiger partial charge on any atom is 0.261 e. The minimum atomic E-state index is -0.0398. The Morgan fingerprint density at radius 1 is 1.26 bits per heavy atom. The third kappa shape index (κ3) is 3.62. The molecular weight excluding hydrogens is 328 g/mol. The van der Waals surface area contributed by atoms with Crippen LogP contribution in [0.1, 0.15) is 15.2 Å². The first-order chi connectivity index (χ1) is 11.0. The van der Waals surface area contributed by atoms with Gasteiger partial charge in [-0.05, 0) is 30.2 Å². The van der Waals surface area contributed by atoms with E-state index in [0.29, 0.717) is 11.4 Å². The molecule has 1 amide bonds. The Hall–Kier alpha value is -2.12. The minimum absolute atomic E-state index is 0.0398. The van der Waals surface area contributed by atoms with Crippen molar-refractivity contribution in [2.75, 3.05) is 31.3 Å². The van der Waals surface area contributed by atoms with E-state index < -0.39 is 0 Å². The second kappa shape index (κ2) is 6.55. The van der Waals surface area contributed by atoms with Crippen molar-refractivity contribution < 1.29 is 4.79 Å². The average Bonchev–Trinajstić information content (AvgIpc) is 3.08. The molecule has 0 aliphatic rings. The number of aromatic nitrogens is 1. The second-order valence-electron chi connectivity index (χ2n) is 5.42. The van der Waals surface area contributed by atoms with Crippen molar-refractivity contribution in [3.63, 3.8) is 0 Å². The van der Waals surface area contributed by atoms with Gasteiger partial charge in [-0.25, -0.2) is 4.98 Å². The summed E-state index contributed by atoms with van der Waals surface area (Å²) in [6, 6.07) is 9.63. The zero-order valence-electron chi connectivity index (χ0n) is 13.0. The second-order valence-corrected chi connectivity index (χ2v) is 7.46. The maximum atomic E-state index is 12.2. The van der Waals surface area contributed by atoms with Gasteiger partial charge in [-0.3, -0.25) is 4.79 Å². The molecule has 2 heterocycles. The highest BCUT2D eigenvalue weighted by molar-refractivity contribution is 7.29. The Kier molecular flexibility index (Phi) is 4.49. The highest BCUT2D eigenvalue weighted by Gasteiger charge is 2.14. The van der Waals surface area contributed by atoms with Gasteiger partial charge in [-0.2, -0.15) is 0 Å². The molecule has 0 aliphatic carbocycles. The first-order valence-corrected chi connectivity index (χ1v) is 8.86. The third-order valence-electron chi connectivity index (χ3n) is 3.36. The molecule has 0 fully saturated rings. The van der Waals surface area contributed by atoms with Crippen LogP contribution in [0.2, 0.25) is 0 Å². The van der Waals surface area contributed by atoms with Crippen LogP contribution in [0.3, 0.4) is 0 Å². The molecular formula is C16H18N4OS2. The highest BCUT2D eigenvalue weighted by atomic mass is 32.1. The summed E-state index contributed by atoms with van der Waals surface area (Å²) >= 11 is 3.03. The summed E-state index contributed by atoms with van der Waals surface area (Å²) < 4.78 is 1.06. The summed E-state index contributed by atoms with van der Waals surface area (Å²) in [6.45, 7) is 0.602. The summed E-state index contributed by atoms with van der Waals surface area (Å²) in [5, 5.41) is 3.92. The van der Waals surface area contributed by atoms with E-state index in [4.69, 9.17) is 5.73 Å². The Morgan fingerprint density at radius 2 is 2.00 bits per heavy atom. The van der Waals surface area contributed by atoms with Crippen LogP contribution < -0.4 is 16.0 Å². The molecule has 0 saturated heterocycles. The molecule has 2 aromatic heterocycles. The van der Waals surface area contributed by atoms with Gasteiger partial charge in [-0.15, -0.1) is 11.3 Å². The van der Waals surface area contributed by atoms with Gasteiger partial charge >= 0.3 is 0 Å². The first-order valence-electron chi connectivity index (χ1n) is 7.23. The summed E-state index contributed by atoms with van der Waals surface area (Å²) in [6.07, 6.45) is 0.786. The number of nitrogens with one attached hydrogen (secondary N) is 1. The zero-order valence-corrected chi connectivity index (χ0v) is 14.6. The lowest BCUT2D eigenvalue weighted by molar-refractivity contribution is 0.0958. The van der Waals surface area contributed by atoms with Gasteiger partial charge in [0.2, 0.25) is 0 Å². The normalized spacial score (nSPS) is 10.9. The number of carbonyl (C=O) groups excluding carboxylic acids is 1. The number of amides is 1. The van der Waals surface area contributed by atoms with Crippen molar-refractivity contribution >= 4 is 48.9 Å². The van der Waals surface area contributed by atoms with E-state index in [-0.39, 0.29) is 5.91 Å². The number of nitrogens with zero attached hydrogens (tertiary/aromatic N) is 2. The summed E-state index contributed by atoms with van der Waals surface area (Å²) in [7, 11) is 3.93. The number of thiophene rings is 1. The molecule has 23 heavy (non-hydrogen) atoms. The molecule has 3 aromatic rings. The number of benzene rings is 1. The first kappa shape index (κ1) is 15.8. The Morgan fingerprint density at radius 3 is 2.65 bits per heavy atom. The number of hydrogen-bond acceptors (Lipinski definition) is 6. The van der Waals surface area contributed by atoms with Crippen molar-refractivity contribution in [2.24, 2.45) is 0 Å². The van der Waals surface area contributed by atoms with E-state index in [1.807, 2.05) is 49.3 Å². The number of thiazole rings is 1. The number of fused-ring (bicyclic) bond motifs is 1. The van der Waals surface area contributed by atoms with Gasteiger partial charge in [-0.1, -0.05) is 23.5 Å². The van der Waals surface area contributed by atoms with E-state index in [1.54, 1.807) is 11.3 Å². The third-order valence-corrected chi connectivity index (χ3v) is 5.69. The van der Waals surface area contributed by atoms with Crippen LogP contribution in [0, 0.1) is 0 Å². The van der Waals surface area contributed by atoms with Gasteiger partial charge < -0.3 is 16.0 Å². The van der Waals surface area contributed by atoms with E-state index in [1.165, 1.54) is 11.3 Å². The van der Waals surface area contributed by atoms with Crippen LogP contribution in [0.4, 0.5) is 10.8 Å². The fraction of sp³-hybridized carbons (Fsp3) is 0.250. The molecule has 0 unspecified atom stereocenters. The van der Waals surface area contributed by atoms with Crippen LogP contribution in [0.5, 0.6) is 0 Å². The lowest BCUT2D eigenvalue weighted by atomic mass is 10.1. The Balaban J connectivity index is 1.59. The van der Waals surface area contributed by atoms with Crippen LogP contribution in [0.25, 0.3) is 9.53 Å². The molecule has 0 radical (unpaired) electrons. The molecule has 0 aliphatic heterocycles. The molecule has 5 nitrogen and oxygen atoms in total. The molecule has 0 spiro atoms. The molecule has 0 bridgehead atoms. The average molecular weight is 346 g/mol. The smallest absolute Gasteiger partial charge is 0.261 e. The number of anilines is 2. The van der Waals surface area contributed by atoms with Crippen molar-refractivity contribution in [3.8, 4) is 0 Å². The van der Waals surface area contributed by atoms with Crippen molar-refractivity contribution in [2.45, 2.75) is 6.42 Å². The number of nitrogens with two attached hydrogens (primary N) is 1. The van der Waals surface area contributed by atoms with Crippen molar-refractivity contribution in [3.05, 3.63) is 40.8 Å². The van der Waals surface area contributed by atoms with Crippen molar-refractivity contribution in [1.82, 2.24) is 10.3 Å². The lowest BCUT2D eigenvalue weighted by Gasteiger charge is -2.05.